The van der Waals surface area contributed by atoms with Crippen LogP contribution in [-0.4, -0.2) is 40.7 Å². The number of piperidine rings is 1. The molecular formula is C22H23N5O. The zero-order chi connectivity index (χ0) is 18.9. The molecule has 1 amide bonds. The smallest absolute Gasteiger partial charge is 0.244 e. The van der Waals surface area contributed by atoms with Gasteiger partial charge in [-0.2, -0.15) is 5.10 Å². The van der Waals surface area contributed by atoms with Gasteiger partial charge in [0.05, 0.1) is 11.7 Å². The lowest BCUT2D eigenvalue weighted by Crippen LogP contribution is -2.26. The molecule has 142 valence electrons. The van der Waals surface area contributed by atoms with Gasteiger partial charge in [-0.1, -0.05) is 12.1 Å². The molecule has 1 aliphatic carbocycles. The average Bonchev–Trinajstić information content (AvgIpc) is 3.11. The van der Waals surface area contributed by atoms with E-state index in [0.717, 1.165) is 54.9 Å². The Bertz CT molecular complexity index is 1000. The fourth-order valence-corrected chi connectivity index (χ4v) is 4.57. The van der Waals surface area contributed by atoms with E-state index in [2.05, 4.69) is 43.6 Å². The van der Waals surface area contributed by atoms with Gasteiger partial charge in [0.2, 0.25) is 5.91 Å². The van der Waals surface area contributed by atoms with Gasteiger partial charge >= 0.3 is 0 Å². The van der Waals surface area contributed by atoms with Gasteiger partial charge in [-0.3, -0.25) is 14.9 Å². The SMILES string of the molecule is O=C(/C=C/c1cccnc1)NCC[C@@H]1[C@H]2CN(c3cccc4[nH]ncc34)C[C@@H]12. The minimum atomic E-state index is -0.0390. The monoisotopic (exact) mass is 373 g/mol. The van der Waals surface area contributed by atoms with E-state index in [0.29, 0.717) is 0 Å². The van der Waals surface area contributed by atoms with Crippen molar-refractivity contribution in [1.82, 2.24) is 20.5 Å². The van der Waals surface area contributed by atoms with Gasteiger partial charge in [0.1, 0.15) is 0 Å². The summed E-state index contributed by atoms with van der Waals surface area (Å²) in [6.07, 6.45) is 9.82. The first-order valence-electron chi connectivity index (χ1n) is 9.82. The third-order valence-corrected chi connectivity index (χ3v) is 6.06. The Hall–Kier alpha value is -3.15. The van der Waals surface area contributed by atoms with Gasteiger partial charge in [0.15, 0.2) is 0 Å². The van der Waals surface area contributed by atoms with Crippen molar-refractivity contribution in [1.29, 1.82) is 0 Å². The van der Waals surface area contributed by atoms with Gasteiger partial charge in [-0.05, 0) is 54.0 Å². The molecule has 3 atom stereocenters. The van der Waals surface area contributed by atoms with Crippen LogP contribution in [0.25, 0.3) is 17.0 Å². The van der Waals surface area contributed by atoms with Crippen LogP contribution in [0.2, 0.25) is 0 Å². The summed E-state index contributed by atoms with van der Waals surface area (Å²) < 4.78 is 0. The number of amides is 1. The Morgan fingerprint density at radius 3 is 2.93 bits per heavy atom. The number of H-pyrrole nitrogens is 1. The lowest BCUT2D eigenvalue weighted by atomic mass is 10.1. The molecule has 1 aromatic carbocycles. The Labute approximate surface area is 163 Å². The Balaban J connectivity index is 1.09. The Morgan fingerprint density at radius 2 is 2.11 bits per heavy atom. The zero-order valence-electron chi connectivity index (χ0n) is 15.6. The zero-order valence-corrected chi connectivity index (χ0v) is 15.6. The lowest BCUT2D eigenvalue weighted by molar-refractivity contribution is -0.116. The highest BCUT2D eigenvalue weighted by atomic mass is 16.1. The molecule has 2 fully saturated rings. The fourth-order valence-electron chi connectivity index (χ4n) is 4.57. The van der Waals surface area contributed by atoms with Gasteiger partial charge < -0.3 is 10.2 Å². The number of nitrogens with zero attached hydrogens (tertiary/aromatic N) is 3. The molecule has 3 aromatic rings. The highest BCUT2D eigenvalue weighted by Gasteiger charge is 2.55. The van der Waals surface area contributed by atoms with Crippen LogP contribution in [0, 0.1) is 17.8 Å². The van der Waals surface area contributed by atoms with E-state index in [1.54, 1.807) is 24.5 Å². The number of carbonyl (C=O) groups is 1. The Kier molecular flexibility index (Phi) is 4.31. The van der Waals surface area contributed by atoms with E-state index in [1.807, 2.05) is 18.3 Å². The number of aromatic nitrogens is 3. The molecule has 1 saturated heterocycles. The minimum absolute atomic E-state index is 0.0390. The summed E-state index contributed by atoms with van der Waals surface area (Å²) in [6.45, 7) is 2.95. The average molecular weight is 373 g/mol. The predicted octanol–water partition coefficient (Wildman–Crippen LogP) is 2.86. The van der Waals surface area contributed by atoms with Crippen molar-refractivity contribution in [3.63, 3.8) is 0 Å². The normalized spacial score (nSPS) is 23.3. The van der Waals surface area contributed by atoms with Crippen molar-refractivity contribution in [2.24, 2.45) is 17.8 Å². The van der Waals surface area contributed by atoms with Crippen LogP contribution >= 0.6 is 0 Å². The first-order valence-corrected chi connectivity index (χ1v) is 9.82. The van der Waals surface area contributed by atoms with Crippen molar-refractivity contribution in [3.05, 3.63) is 60.6 Å². The molecule has 2 N–H and O–H groups in total. The van der Waals surface area contributed by atoms with E-state index in [1.165, 1.54) is 11.1 Å². The quantitative estimate of drug-likeness (QED) is 0.652. The number of hydrogen-bond acceptors (Lipinski definition) is 4. The summed E-state index contributed by atoms with van der Waals surface area (Å²) in [6, 6.07) is 10.1. The highest BCUT2D eigenvalue weighted by molar-refractivity contribution is 5.92. The molecule has 0 radical (unpaired) electrons. The second kappa shape index (κ2) is 7.11. The van der Waals surface area contributed by atoms with Crippen molar-refractivity contribution < 1.29 is 4.79 Å². The number of benzene rings is 1. The second-order valence-corrected chi connectivity index (χ2v) is 7.70. The molecule has 3 heterocycles. The van der Waals surface area contributed by atoms with Crippen LogP contribution in [0.4, 0.5) is 5.69 Å². The maximum atomic E-state index is 12.0. The minimum Gasteiger partial charge on any atom is -0.370 e. The van der Waals surface area contributed by atoms with Gasteiger partial charge in [-0.25, -0.2) is 0 Å². The molecule has 6 nitrogen and oxygen atoms in total. The Morgan fingerprint density at radius 1 is 1.21 bits per heavy atom. The maximum absolute atomic E-state index is 12.0. The third-order valence-electron chi connectivity index (χ3n) is 6.06. The summed E-state index contributed by atoms with van der Waals surface area (Å²) in [4.78, 5) is 18.5. The number of pyridine rings is 1. The number of hydrogen-bond donors (Lipinski definition) is 2. The molecule has 2 aliphatic rings. The molecule has 0 spiro atoms. The van der Waals surface area contributed by atoms with E-state index in [4.69, 9.17) is 0 Å². The third kappa shape index (κ3) is 3.26. The highest BCUT2D eigenvalue weighted by Crippen LogP contribution is 2.54. The summed E-state index contributed by atoms with van der Waals surface area (Å²) in [5.41, 5.74) is 3.31. The van der Waals surface area contributed by atoms with Crippen LogP contribution in [0.5, 0.6) is 0 Å². The lowest BCUT2D eigenvalue weighted by Gasteiger charge is -2.22. The first kappa shape index (κ1) is 17.0. The van der Waals surface area contributed by atoms with E-state index >= 15 is 0 Å². The molecule has 5 rings (SSSR count). The van der Waals surface area contributed by atoms with Crippen LogP contribution in [0.15, 0.2) is 55.0 Å². The predicted molar refractivity (Wildman–Crippen MR) is 110 cm³/mol. The van der Waals surface area contributed by atoms with Crippen LogP contribution in [0.3, 0.4) is 0 Å². The second-order valence-electron chi connectivity index (χ2n) is 7.70. The molecular weight excluding hydrogens is 350 g/mol. The molecule has 0 unspecified atom stereocenters. The molecule has 1 saturated carbocycles. The summed E-state index contributed by atoms with van der Waals surface area (Å²) in [7, 11) is 0. The van der Waals surface area contributed by atoms with Crippen LogP contribution in [-0.2, 0) is 4.79 Å². The van der Waals surface area contributed by atoms with E-state index in [9.17, 15) is 4.79 Å². The summed E-state index contributed by atoms with van der Waals surface area (Å²) in [5.74, 6) is 2.21. The molecule has 6 heteroatoms. The van der Waals surface area contributed by atoms with Crippen molar-refractivity contribution in [2.45, 2.75) is 6.42 Å². The summed E-state index contributed by atoms with van der Waals surface area (Å²) >= 11 is 0. The molecule has 0 bridgehead atoms. The fraction of sp³-hybridized carbons (Fsp3) is 0.318. The molecule has 28 heavy (non-hydrogen) atoms. The largest absolute Gasteiger partial charge is 0.370 e. The summed E-state index contributed by atoms with van der Waals surface area (Å²) in [5, 5.41) is 11.4. The topological polar surface area (TPSA) is 73.9 Å². The molecule has 1 aliphatic heterocycles. The van der Waals surface area contributed by atoms with Crippen molar-refractivity contribution >= 4 is 28.6 Å². The maximum Gasteiger partial charge on any atom is 0.244 e. The number of aromatic amines is 1. The first-order chi connectivity index (χ1) is 13.8. The number of fused-ring (bicyclic) bond motifs is 2. The van der Waals surface area contributed by atoms with Crippen molar-refractivity contribution in [3.8, 4) is 0 Å². The standard InChI is InChI=1S/C22H23N5O/c28-22(7-6-15-3-2-9-23-11-15)24-10-8-16-18-13-27(14-19(16)18)21-5-1-4-20-17(21)12-25-26-20/h1-7,9,11-12,16,18-19H,8,10,13-14H2,(H,24,28)(H,25,26)/b7-6+/t16-,18-,19+. The van der Waals surface area contributed by atoms with Gasteiger partial charge in [0.25, 0.3) is 0 Å². The molecule has 2 aromatic heterocycles. The number of nitrogens with one attached hydrogen (secondary N) is 2. The number of carbonyl (C=O) groups excluding carboxylic acids is 1. The van der Waals surface area contributed by atoms with Gasteiger partial charge in [-0.15, -0.1) is 0 Å². The van der Waals surface area contributed by atoms with E-state index in [-0.39, 0.29) is 5.91 Å². The van der Waals surface area contributed by atoms with Crippen LogP contribution in [0.1, 0.15) is 12.0 Å². The van der Waals surface area contributed by atoms with Crippen molar-refractivity contribution in [2.75, 3.05) is 24.5 Å². The van der Waals surface area contributed by atoms with Gasteiger partial charge in [0, 0.05) is 49.2 Å². The number of anilines is 1. The number of rotatable bonds is 6. The van der Waals surface area contributed by atoms with Crippen LogP contribution < -0.4 is 10.2 Å². The van der Waals surface area contributed by atoms with E-state index < -0.39 is 0 Å².